The first-order valence-electron chi connectivity index (χ1n) is 7.50. The first-order valence-corrected chi connectivity index (χ1v) is 7.50. The lowest BCUT2D eigenvalue weighted by Gasteiger charge is -2.28. The molecule has 0 unspecified atom stereocenters. The van der Waals surface area contributed by atoms with E-state index in [2.05, 4.69) is 4.90 Å². The smallest absolute Gasteiger partial charge is 0.236 e. The van der Waals surface area contributed by atoms with Crippen LogP contribution in [0.3, 0.4) is 0 Å². The van der Waals surface area contributed by atoms with Crippen molar-refractivity contribution in [2.75, 3.05) is 39.3 Å². The molecule has 1 saturated carbocycles. The van der Waals surface area contributed by atoms with Gasteiger partial charge in [-0.05, 0) is 31.7 Å². The number of hydrogen-bond acceptors (Lipinski definition) is 3. The van der Waals surface area contributed by atoms with Crippen molar-refractivity contribution in [3.8, 4) is 0 Å². The van der Waals surface area contributed by atoms with Crippen LogP contribution in [0.1, 0.15) is 38.5 Å². The van der Waals surface area contributed by atoms with Gasteiger partial charge >= 0.3 is 0 Å². The van der Waals surface area contributed by atoms with Gasteiger partial charge in [0, 0.05) is 26.2 Å². The quantitative estimate of drug-likeness (QED) is 0.862. The second-order valence-corrected chi connectivity index (χ2v) is 5.74. The monoisotopic (exact) mass is 325 g/mol. The first-order chi connectivity index (χ1) is 8.79. The minimum atomic E-state index is 0. The van der Waals surface area contributed by atoms with Crippen molar-refractivity contribution in [2.45, 2.75) is 38.5 Å². The van der Waals surface area contributed by atoms with Gasteiger partial charge in [-0.25, -0.2) is 0 Å². The van der Waals surface area contributed by atoms with Crippen LogP contribution in [-0.2, 0) is 4.79 Å². The van der Waals surface area contributed by atoms with Gasteiger partial charge in [-0.2, -0.15) is 0 Å². The molecule has 1 aliphatic heterocycles. The van der Waals surface area contributed by atoms with E-state index in [0.29, 0.717) is 0 Å². The summed E-state index contributed by atoms with van der Waals surface area (Å²) in [6, 6.07) is 0. The zero-order valence-corrected chi connectivity index (χ0v) is 13.9. The van der Waals surface area contributed by atoms with Gasteiger partial charge in [0.25, 0.3) is 0 Å². The van der Waals surface area contributed by atoms with Gasteiger partial charge in [-0.1, -0.05) is 19.3 Å². The van der Waals surface area contributed by atoms with Gasteiger partial charge in [0.05, 0.1) is 6.54 Å². The third-order valence-electron chi connectivity index (χ3n) is 4.36. The van der Waals surface area contributed by atoms with Crippen LogP contribution in [0, 0.1) is 5.92 Å². The molecule has 4 nitrogen and oxygen atoms in total. The highest BCUT2D eigenvalue weighted by atomic mass is 35.5. The second kappa shape index (κ2) is 10.7. The van der Waals surface area contributed by atoms with E-state index in [1.807, 2.05) is 4.90 Å². The summed E-state index contributed by atoms with van der Waals surface area (Å²) in [4.78, 5) is 16.1. The maximum absolute atomic E-state index is 11.6. The summed E-state index contributed by atoms with van der Waals surface area (Å²) < 4.78 is 0. The lowest BCUT2D eigenvalue weighted by molar-refractivity contribution is -0.129. The largest absolute Gasteiger partial charge is 0.340 e. The maximum atomic E-state index is 11.6. The minimum Gasteiger partial charge on any atom is -0.340 e. The van der Waals surface area contributed by atoms with Crippen molar-refractivity contribution < 1.29 is 4.79 Å². The summed E-state index contributed by atoms with van der Waals surface area (Å²) in [5.41, 5.74) is 5.43. The maximum Gasteiger partial charge on any atom is 0.236 e. The van der Waals surface area contributed by atoms with E-state index in [1.165, 1.54) is 38.6 Å². The molecule has 1 amide bonds. The molecule has 0 spiro atoms. The minimum absolute atomic E-state index is 0. The Balaban J connectivity index is 0.00000180. The lowest BCUT2D eigenvalue weighted by atomic mass is 9.89. The number of rotatable bonds is 3. The predicted molar refractivity (Wildman–Crippen MR) is 87.8 cm³/mol. The fourth-order valence-corrected chi connectivity index (χ4v) is 3.27. The van der Waals surface area contributed by atoms with E-state index in [1.54, 1.807) is 0 Å². The summed E-state index contributed by atoms with van der Waals surface area (Å²) in [5, 5.41) is 0. The Labute approximate surface area is 135 Å². The Bertz CT molecular complexity index is 273. The zero-order valence-electron chi connectivity index (χ0n) is 12.3. The van der Waals surface area contributed by atoms with Crippen LogP contribution in [0.15, 0.2) is 0 Å². The molecular formula is C14H29Cl2N3O. The Hall–Kier alpha value is -0.0300. The van der Waals surface area contributed by atoms with Gasteiger partial charge in [0.2, 0.25) is 5.91 Å². The fraction of sp³-hybridized carbons (Fsp3) is 0.929. The van der Waals surface area contributed by atoms with Crippen molar-refractivity contribution in [3.63, 3.8) is 0 Å². The average molecular weight is 326 g/mol. The highest BCUT2D eigenvalue weighted by Gasteiger charge is 2.21. The third kappa shape index (κ3) is 6.17. The average Bonchev–Trinajstić information content (AvgIpc) is 2.65. The van der Waals surface area contributed by atoms with E-state index in [-0.39, 0.29) is 37.3 Å². The second-order valence-electron chi connectivity index (χ2n) is 5.74. The van der Waals surface area contributed by atoms with Gasteiger partial charge in [0.1, 0.15) is 0 Å². The van der Waals surface area contributed by atoms with Gasteiger partial charge < -0.3 is 15.5 Å². The van der Waals surface area contributed by atoms with Crippen LogP contribution in [0.5, 0.6) is 0 Å². The number of halogens is 2. The fourth-order valence-electron chi connectivity index (χ4n) is 3.27. The Morgan fingerprint density at radius 1 is 0.950 bits per heavy atom. The van der Waals surface area contributed by atoms with Crippen molar-refractivity contribution >= 4 is 30.7 Å². The molecule has 2 N–H and O–H groups in total. The highest BCUT2D eigenvalue weighted by molar-refractivity contribution is 5.85. The number of nitrogens with two attached hydrogens (primary N) is 1. The van der Waals surface area contributed by atoms with E-state index in [0.717, 1.165) is 38.5 Å². The molecule has 1 saturated heterocycles. The molecule has 6 heteroatoms. The van der Waals surface area contributed by atoms with Crippen molar-refractivity contribution in [1.29, 1.82) is 0 Å². The molecule has 0 atom stereocenters. The van der Waals surface area contributed by atoms with Gasteiger partial charge in [0.15, 0.2) is 0 Å². The van der Waals surface area contributed by atoms with Crippen molar-refractivity contribution in [1.82, 2.24) is 9.80 Å². The highest BCUT2D eigenvalue weighted by Crippen LogP contribution is 2.24. The Kier molecular flexibility index (Phi) is 10.6. The van der Waals surface area contributed by atoms with Crippen LogP contribution >= 0.6 is 24.8 Å². The molecule has 120 valence electrons. The van der Waals surface area contributed by atoms with E-state index in [9.17, 15) is 4.79 Å². The Morgan fingerprint density at radius 2 is 1.65 bits per heavy atom. The summed E-state index contributed by atoms with van der Waals surface area (Å²) in [7, 11) is 0. The number of hydrogen-bond donors (Lipinski definition) is 1. The lowest BCUT2D eigenvalue weighted by Crippen LogP contribution is -2.39. The molecule has 0 radical (unpaired) electrons. The van der Waals surface area contributed by atoms with E-state index in [4.69, 9.17) is 5.73 Å². The molecule has 2 rings (SSSR count). The van der Waals surface area contributed by atoms with Crippen LogP contribution in [0.25, 0.3) is 0 Å². The standard InChI is InChI=1S/C14H27N3O.2ClH/c15-11-14(18)17-8-4-7-16(9-10-17)12-13-5-2-1-3-6-13;;/h13H,1-12,15H2;2*1H. The molecule has 0 aromatic carbocycles. The molecule has 2 aliphatic rings. The normalized spacial score (nSPS) is 21.6. The SMILES string of the molecule is Cl.Cl.NCC(=O)N1CCCN(CC2CCCCC2)CC1. The summed E-state index contributed by atoms with van der Waals surface area (Å²) in [5.74, 6) is 1.00. The molecule has 0 aromatic heterocycles. The van der Waals surface area contributed by atoms with Crippen molar-refractivity contribution in [2.24, 2.45) is 11.7 Å². The Morgan fingerprint density at radius 3 is 2.30 bits per heavy atom. The number of carbonyl (C=O) groups is 1. The predicted octanol–water partition coefficient (Wildman–Crippen LogP) is 1.90. The molecule has 0 aromatic rings. The first kappa shape index (κ1) is 20.0. The van der Waals surface area contributed by atoms with Crippen LogP contribution in [0.4, 0.5) is 0 Å². The topological polar surface area (TPSA) is 49.6 Å². The summed E-state index contributed by atoms with van der Waals surface area (Å²) in [6.07, 6.45) is 8.16. The number of amides is 1. The zero-order chi connectivity index (χ0) is 12.8. The number of nitrogens with zero attached hydrogens (tertiary/aromatic N) is 2. The molecule has 1 aliphatic carbocycles. The molecule has 20 heavy (non-hydrogen) atoms. The molecule has 1 heterocycles. The molecule has 0 bridgehead atoms. The van der Waals surface area contributed by atoms with Crippen LogP contribution < -0.4 is 5.73 Å². The van der Waals surface area contributed by atoms with E-state index < -0.39 is 0 Å². The molecular weight excluding hydrogens is 297 g/mol. The number of carbonyl (C=O) groups excluding carboxylic acids is 1. The van der Waals surface area contributed by atoms with Crippen molar-refractivity contribution in [3.05, 3.63) is 0 Å². The molecule has 2 fully saturated rings. The third-order valence-corrected chi connectivity index (χ3v) is 4.36. The van der Waals surface area contributed by atoms with Gasteiger partial charge in [-0.15, -0.1) is 24.8 Å². The van der Waals surface area contributed by atoms with E-state index >= 15 is 0 Å². The van der Waals surface area contributed by atoms with Gasteiger partial charge in [-0.3, -0.25) is 4.79 Å². The van der Waals surface area contributed by atoms with Crippen LogP contribution in [0.2, 0.25) is 0 Å². The summed E-state index contributed by atoms with van der Waals surface area (Å²) >= 11 is 0. The van der Waals surface area contributed by atoms with Crippen LogP contribution in [-0.4, -0.2) is 55.0 Å². The summed E-state index contributed by atoms with van der Waals surface area (Å²) in [6.45, 7) is 5.32.